The number of anilines is 1. The van der Waals surface area contributed by atoms with Crippen molar-refractivity contribution in [3.8, 4) is 0 Å². The summed E-state index contributed by atoms with van der Waals surface area (Å²) in [7, 11) is 0. The minimum absolute atomic E-state index is 0.0228. The Labute approximate surface area is 184 Å². The van der Waals surface area contributed by atoms with E-state index >= 15 is 0 Å². The zero-order valence-electron chi connectivity index (χ0n) is 18.4. The third-order valence-electron chi connectivity index (χ3n) is 5.76. The van der Waals surface area contributed by atoms with E-state index in [4.69, 9.17) is 0 Å². The minimum atomic E-state index is -0.194. The molecule has 0 bridgehead atoms. The monoisotopic (exact) mass is 421 g/mol. The molecule has 6 heteroatoms. The average molecular weight is 422 g/mol. The lowest BCUT2D eigenvalue weighted by Gasteiger charge is -2.30. The molecule has 1 saturated carbocycles. The fourth-order valence-corrected chi connectivity index (χ4v) is 3.74. The highest BCUT2D eigenvalue weighted by molar-refractivity contribution is 5.88. The van der Waals surface area contributed by atoms with Crippen molar-refractivity contribution in [1.29, 1.82) is 0 Å². The molecule has 0 saturated heterocycles. The highest BCUT2D eigenvalue weighted by Gasteiger charge is 2.38. The van der Waals surface area contributed by atoms with Gasteiger partial charge in [-0.1, -0.05) is 49.4 Å². The molecule has 0 heterocycles. The molecule has 1 fully saturated rings. The number of rotatable bonds is 9. The number of carbonyl (C=O) groups is 3. The third-order valence-corrected chi connectivity index (χ3v) is 5.76. The van der Waals surface area contributed by atoms with Crippen molar-refractivity contribution >= 4 is 23.4 Å². The Morgan fingerprint density at radius 1 is 1.10 bits per heavy atom. The van der Waals surface area contributed by atoms with E-state index in [0.717, 1.165) is 17.5 Å². The van der Waals surface area contributed by atoms with E-state index in [2.05, 4.69) is 17.6 Å². The number of hydrogen-bond acceptors (Lipinski definition) is 3. The smallest absolute Gasteiger partial charge is 0.225 e. The van der Waals surface area contributed by atoms with Crippen LogP contribution in [0.3, 0.4) is 0 Å². The lowest BCUT2D eigenvalue weighted by Crippen LogP contribution is -2.36. The summed E-state index contributed by atoms with van der Waals surface area (Å²) in [4.78, 5) is 38.5. The van der Waals surface area contributed by atoms with Crippen molar-refractivity contribution in [2.45, 2.75) is 46.2 Å². The number of hydrogen-bond donors (Lipinski definition) is 2. The van der Waals surface area contributed by atoms with Crippen LogP contribution in [0.15, 0.2) is 54.6 Å². The van der Waals surface area contributed by atoms with Gasteiger partial charge in [0.1, 0.15) is 0 Å². The van der Waals surface area contributed by atoms with Crippen molar-refractivity contribution in [2.24, 2.45) is 11.8 Å². The quantitative estimate of drug-likeness (QED) is 0.645. The number of carbonyl (C=O) groups excluding carboxylic acids is 3. The predicted octanol–water partition coefficient (Wildman–Crippen LogP) is 3.90. The van der Waals surface area contributed by atoms with Crippen molar-refractivity contribution in [1.82, 2.24) is 10.2 Å². The Morgan fingerprint density at radius 3 is 2.45 bits per heavy atom. The molecule has 2 aromatic carbocycles. The van der Waals surface area contributed by atoms with Crippen LogP contribution in [0.1, 0.15) is 50.8 Å². The molecule has 6 nitrogen and oxygen atoms in total. The van der Waals surface area contributed by atoms with Gasteiger partial charge in [0.05, 0.1) is 6.04 Å². The summed E-state index contributed by atoms with van der Waals surface area (Å²) in [5.74, 6) is 0.436. The SMILES string of the molecule is CC(=O)Nc1cccc(C(C)N(Cc2ccccc2)C(=O)CCNC(=O)C2CC2C)c1. The molecule has 3 amide bonds. The Hall–Kier alpha value is -3.15. The Kier molecular flexibility index (Phi) is 7.45. The van der Waals surface area contributed by atoms with E-state index in [1.165, 1.54) is 6.92 Å². The van der Waals surface area contributed by atoms with Crippen molar-refractivity contribution in [3.05, 3.63) is 65.7 Å². The molecule has 1 aliphatic carbocycles. The van der Waals surface area contributed by atoms with E-state index in [0.29, 0.717) is 24.7 Å². The second kappa shape index (κ2) is 10.2. The van der Waals surface area contributed by atoms with Gasteiger partial charge in [-0.3, -0.25) is 14.4 Å². The first-order chi connectivity index (χ1) is 14.8. The Bertz CT molecular complexity index is 929. The summed E-state index contributed by atoms with van der Waals surface area (Å²) < 4.78 is 0. The average Bonchev–Trinajstić information content (AvgIpc) is 3.48. The largest absolute Gasteiger partial charge is 0.355 e. The van der Waals surface area contributed by atoms with E-state index < -0.39 is 0 Å². The zero-order chi connectivity index (χ0) is 22.4. The van der Waals surface area contributed by atoms with E-state index in [1.54, 1.807) is 0 Å². The van der Waals surface area contributed by atoms with Crippen LogP contribution in [0.5, 0.6) is 0 Å². The van der Waals surface area contributed by atoms with Crippen LogP contribution in [0.4, 0.5) is 5.69 Å². The van der Waals surface area contributed by atoms with Gasteiger partial charge in [0.15, 0.2) is 0 Å². The molecule has 2 aromatic rings. The molecular formula is C25H31N3O3. The summed E-state index contributed by atoms with van der Waals surface area (Å²) in [6.07, 6.45) is 1.18. The van der Waals surface area contributed by atoms with Gasteiger partial charge in [-0.25, -0.2) is 0 Å². The maximum absolute atomic E-state index is 13.2. The van der Waals surface area contributed by atoms with Gasteiger partial charge in [0.25, 0.3) is 0 Å². The number of benzene rings is 2. The molecule has 3 unspecified atom stereocenters. The maximum atomic E-state index is 13.2. The first-order valence-electron chi connectivity index (χ1n) is 10.8. The molecule has 3 rings (SSSR count). The normalized spacial score (nSPS) is 18.0. The molecule has 0 aliphatic heterocycles. The van der Waals surface area contributed by atoms with E-state index in [9.17, 15) is 14.4 Å². The molecule has 1 aliphatic rings. The van der Waals surface area contributed by atoms with Gasteiger partial charge in [-0.05, 0) is 42.5 Å². The van der Waals surface area contributed by atoms with Crippen LogP contribution in [-0.2, 0) is 20.9 Å². The fraction of sp³-hybridized carbons (Fsp3) is 0.400. The van der Waals surface area contributed by atoms with Crippen LogP contribution in [0.25, 0.3) is 0 Å². The minimum Gasteiger partial charge on any atom is -0.355 e. The topological polar surface area (TPSA) is 78.5 Å². The second-order valence-electron chi connectivity index (χ2n) is 8.35. The van der Waals surface area contributed by atoms with Gasteiger partial charge in [-0.2, -0.15) is 0 Å². The fourth-order valence-electron chi connectivity index (χ4n) is 3.74. The Balaban J connectivity index is 1.71. The van der Waals surface area contributed by atoms with Crippen LogP contribution < -0.4 is 10.6 Å². The molecule has 2 N–H and O–H groups in total. The highest BCUT2D eigenvalue weighted by atomic mass is 16.2. The second-order valence-corrected chi connectivity index (χ2v) is 8.35. The molecule has 0 radical (unpaired) electrons. The van der Waals surface area contributed by atoms with Crippen LogP contribution in [0, 0.1) is 11.8 Å². The van der Waals surface area contributed by atoms with Crippen molar-refractivity contribution in [2.75, 3.05) is 11.9 Å². The summed E-state index contributed by atoms with van der Waals surface area (Å²) in [6.45, 7) is 6.33. The first kappa shape index (κ1) is 22.5. The van der Waals surface area contributed by atoms with Crippen molar-refractivity contribution < 1.29 is 14.4 Å². The molecule has 0 aromatic heterocycles. The molecule has 164 valence electrons. The first-order valence-corrected chi connectivity index (χ1v) is 10.8. The molecule has 3 atom stereocenters. The maximum Gasteiger partial charge on any atom is 0.225 e. The van der Waals surface area contributed by atoms with E-state index in [-0.39, 0.29) is 36.1 Å². The molecule has 31 heavy (non-hydrogen) atoms. The van der Waals surface area contributed by atoms with Crippen LogP contribution in [-0.4, -0.2) is 29.2 Å². The van der Waals surface area contributed by atoms with Gasteiger partial charge < -0.3 is 15.5 Å². The molecule has 0 spiro atoms. The van der Waals surface area contributed by atoms with Crippen LogP contribution in [0.2, 0.25) is 0 Å². The predicted molar refractivity (Wildman–Crippen MR) is 121 cm³/mol. The van der Waals surface area contributed by atoms with Gasteiger partial charge in [-0.15, -0.1) is 0 Å². The summed E-state index contributed by atoms with van der Waals surface area (Å²) in [5, 5.41) is 5.69. The van der Waals surface area contributed by atoms with Gasteiger partial charge in [0, 0.05) is 38.0 Å². The number of nitrogens with one attached hydrogen (secondary N) is 2. The summed E-state index contributed by atoms with van der Waals surface area (Å²) in [6, 6.07) is 17.2. The highest BCUT2D eigenvalue weighted by Crippen LogP contribution is 2.37. The summed E-state index contributed by atoms with van der Waals surface area (Å²) >= 11 is 0. The molecular weight excluding hydrogens is 390 g/mol. The third kappa shape index (κ3) is 6.41. The van der Waals surface area contributed by atoms with Crippen molar-refractivity contribution in [3.63, 3.8) is 0 Å². The Morgan fingerprint density at radius 2 is 1.81 bits per heavy atom. The number of nitrogens with zero attached hydrogens (tertiary/aromatic N) is 1. The zero-order valence-corrected chi connectivity index (χ0v) is 18.4. The van der Waals surface area contributed by atoms with E-state index in [1.807, 2.05) is 66.4 Å². The number of amides is 3. The summed E-state index contributed by atoms with van der Waals surface area (Å²) in [5.41, 5.74) is 2.68. The van der Waals surface area contributed by atoms with Crippen LogP contribution >= 0.6 is 0 Å². The van der Waals surface area contributed by atoms with Gasteiger partial charge in [0.2, 0.25) is 17.7 Å². The lowest BCUT2D eigenvalue weighted by atomic mass is 10.0. The standard InChI is InChI=1S/C25H31N3O3/c1-17-14-23(17)25(31)26-13-12-24(30)28(16-20-8-5-4-6-9-20)18(2)21-10-7-11-22(15-21)27-19(3)29/h4-11,15,17-18,23H,12-14,16H2,1-3H3,(H,26,31)(H,27,29). The van der Waals surface area contributed by atoms with Gasteiger partial charge >= 0.3 is 0 Å². The lowest BCUT2D eigenvalue weighted by molar-refractivity contribution is -0.134.